The van der Waals surface area contributed by atoms with E-state index < -0.39 is 16.1 Å². The number of anilines is 2. The molecule has 0 saturated carbocycles. The van der Waals surface area contributed by atoms with Crippen LogP contribution in [0.3, 0.4) is 0 Å². The monoisotopic (exact) mass is 439 g/mol. The van der Waals surface area contributed by atoms with Crippen LogP contribution in [0.5, 0.6) is 0 Å². The van der Waals surface area contributed by atoms with Crippen molar-refractivity contribution in [3.63, 3.8) is 0 Å². The Balaban J connectivity index is 1.36. The maximum atomic E-state index is 12.3. The highest BCUT2D eigenvalue weighted by molar-refractivity contribution is 7.89. The molecule has 0 saturated heterocycles. The summed E-state index contributed by atoms with van der Waals surface area (Å²) in [6.45, 7) is 0.465. The second-order valence-electron chi connectivity index (χ2n) is 7.02. The van der Waals surface area contributed by atoms with Gasteiger partial charge in [-0.25, -0.2) is 22.5 Å². The lowest BCUT2D eigenvalue weighted by molar-refractivity contribution is 0.262. The highest BCUT2D eigenvalue weighted by Crippen LogP contribution is 2.17. The van der Waals surface area contributed by atoms with Crippen molar-refractivity contribution in [1.29, 1.82) is 0 Å². The van der Waals surface area contributed by atoms with Gasteiger partial charge in [-0.15, -0.1) is 0 Å². The summed E-state index contributed by atoms with van der Waals surface area (Å²) in [5.41, 5.74) is 2.69. The van der Waals surface area contributed by atoms with Crippen molar-refractivity contribution in [3.05, 3.63) is 72.9 Å². The van der Waals surface area contributed by atoms with Crippen molar-refractivity contribution in [3.8, 4) is 0 Å². The Hall–Kier alpha value is -3.70. The number of aromatic nitrogens is 4. The minimum Gasteiger partial charge on any atom is -0.308 e. The fraction of sp³-hybridized carbons (Fsp3) is 0.150. The molecule has 0 bridgehead atoms. The van der Waals surface area contributed by atoms with Gasteiger partial charge in [-0.1, -0.05) is 6.07 Å². The Morgan fingerprint density at radius 3 is 2.48 bits per heavy atom. The number of hydrogen-bond acceptors (Lipinski definition) is 5. The second-order valence-corrected chi connectivity index (χ2v) is 9.17. The minimum absolute atomic E-state index is 0.150. The average molecular weight is 440 g/mol. The van der Waals surface area contributed by atoms with Crippen molar-refractivity contribution >= 4 is 33.1 Å². The van der Waals surface area contributed by atoms with E-state index in [-0.39, 0.29) is 4.90 Å². The number of amides is 2. The number of nitrogens with one attached hydrogen (secondary N) is 2. The predicted octanol–water partition coefficient (Wildman–Crippen LogP) is 2.47. The molecular weight excluding hydrogens is 418 g/mol. The molecule has 0 aliphatic carbocycles. The van der Waals surface area contributed by atoms with E-state index >= 15 is 0 Å². The average Bonchev–Trinajstić information content (AvgIpc) is 3.34. The van der Waals surface area contributed by atoms with Crippen LogP contribution in [-0.4, -0.2) is 52.0 Å². The molecule has 2 amide bonds. The molecule has 0 aliphatic heterocycles. The van der Waals surface area contributed by atoms with Crippen molar-refractivity contribution in [2.75, 3.05) is 24.7 Å². The van der Waals surface area contributed by atoms with Crippen molar-refractivity contribution in [1.82, 2.24) is 23.5 Å². The zero-order valence-corrected chi connectivity index (χ0v) is 17.7. The Labute approximate surface area is 179 Å². The first-order chi connectivity index (χ1) is 14.8. The van der Waals surface area contributed by atoms with Crippen LogP contribution in [0.2, 0.25) is 0 Å². The molecule has 2 N–H and O–H groups in total. The molecule has 1 aromatic carbocycles. The van der Waals surface area contributed by atoms with Gasteiger partial charge in [0, 0.05) is 38.4 Å². The van der Waals surface area contributed by atoms with Crippen molar-refractivity contribution in [2.45, 2.75) is 11.4 Å². The normalized spacial score (nSPS) is 11.7. The summed E-state index contributed by atoms with van der Waals surface area (Å²) >= 11 is 0. The van der Waals surface area contributed by atoms with Gasteiger partial charge in [0.15, 0.2) is 0 Å². The quantitative estimate of drug-likeness (QED) is 0.479. The number of rotatable bonds is 6. The summed E-state index contributed by atoms with van der Waals surface area (Å²) in [5.74, 6) is 0. The number of pyridine rings is 1. The maximum Gasteiger partial charge on any atom is 0.323 e. The molecular formula is C20H21N7O3S. The third-order valence-corrected chi connectivity index (χ3v) is 6.35. The van der Waals surface area contributed by atoms with Crippen LogP contribution in [0.15, 0.2) is 72.1 Å². The number of nitrogens with zero attached hydrogens (tertiary/aromatic N) is 5. The highest BCUT2D eigenvalue weighted by Gasteiger charge is 2.16. The molecule has 11 heteroatoms. The lowest BCUT2D eigenvalue weighted by Gasteiger charge is -2.12. The van der Waals surface area contributed by atoms with Gasteiger partial charge in [-0.3, -0.25) is 4.68 Å². The summed E-state index contributed by atoms with van der Waals surface area (Å²) in [5, 5.41) is 9.62. The van der Waals surface area contributed by atoms with Gasteiger partial charge in [0.05, 0.1) is 29.0 Å². The van der Waals surface area contributed by atoms with E-state index in [0.717, 1.165) is 15.6 Å². The molecule has 3 aromatic heterocycles. The van der Waals surface area contributed by atoms with Crippen LogP contribution in [0.25, 0.3) is 5.65 Å². The smallest absolute Gasteiger partial charge is 0.308 e. The lowest BCUT2D eigenvalue weighted by Crippen LogP contribution is -2.22. The van der Waals surface area contributed by atoms with Crippen LogP contribution >= 0.6 is 0 Å². The Morgan fingerprint density at radius 2 is 1.77 bits per heavy atom. The lowest BCUT2D eigenvalue weighted by atomic mass is 10.3. The molecule has 0 aliphatic rings. The van der Waals surface area contributed by atoms with Crippen LogP contribution in [0, 0.1) is 0 Å². The van der Waals surface area contributed by atoms with Gasteiger partial charge >= 0.3 is 6.03 Å². The number of hydrogen-bond donors (Lipinski definition) is 2. The van der Waals surface area contributed by atoms with Gasteiger partial charge in [0.2, 0.25) is 10.0 Å². The maximum absolute atomic E-state index is 12.3. The number of fused-ring (bicyclic) bond motifs is 1. The summed E-state index contributed by atoms with van der Waals surface area (Å²) in [6.07, 6.45) is 7.10. The molecule has 0 fully saturated rings. The van der Waals surface area contributed by atoms with E-state index in [1.807, 2.05) is 35.0 Å². The number of benzene rings is 1. The zero-order valence-electron chi connectivity index (χ0n) is 16.9. The molecule has 31 heavy (non-hydrogen) atoms. The fourth-order valence-corrected chi connectivity index (χ4v) is 3.86. The summed E-state index contributed by atoms with van der Waals surface area (Å²) in [4.78, 5) is 16.9. The minimum atomic E-state index is -3.52. The number of imidazole rings is 1. The molecule has 4 rings (SSSR count). The van der Waals surface area contributed by atoms with Crippen LogP contribution in [-0.2, 0) is 16.6 Å². The van der Waals surface area contributed by atoms with Gasteiger partial charge in [0.1, 0.15) is 5.65 Å². The predicted molar refractivity (Wildman–Crippen MR) is 116 cm³/mol. The molecule has 0 atom stereocenters. The first-order valence-electron chi connectivity index (χ1n) is 9.37. The van der Waals surface area contributed by atoms with Crippen molar-refractivity contribution in [2.24, 2.45) is 0 Å². The Kier molecular flexibility index (Phi) is 5.44. The van der Waals surface area contributed by atoms with E-state index in [1.54, 1.807) is 17.1 Å². The molecule has 0 radical (unpaired) electrons. The summed E-state index contributed by atoms with van der Waals surface area (Å²) in [6, 6.07) is 11.3. The topological polar surface area (TPSA) is 114 Å². The standard InChI is InChI=1S/C20H21N7O3S/c1-25(2)31(29,30)18-8-6-15(7-9-18)23-20(28)24-16-11-21-27(13-16)14-17-12-26-10-4-3-5-19(26)22-17/h3-13H,14H2,1-2H3,(H2,23,24,28). The van der Waals surface area contributed by atoms with E-state index in [2.05, 4.69) is 20.7 Å². The first-order valence-corrected chi connectivity index (χ1v) is 10.8. The summed E-state index contributed by atoms with van der Waals surface area (Å²) in [7, 11) is -0.590. The Morgan fingerprint density at radius 1 is 1.03 bits per heavy atom. The fourth-order valence-electron chi connectivity index (χ4n) is 2.96. The van der Waals surface area contributed by atoms with Crippen LogP contribution in [0.1, 0.15) is 5.69 Å². The first kappa shape index (κ1) is 20.6. The molecule has 0 spiro atoms. The molecule has 10 nitrogen and oxygen atoms in total. The highest BCUT2D eigenvalue weighted by atomic mass is 32.2. The number of carbonyl (C=O) groups excluding carboxylic acids is 1. The van der Waals surface area contributed by atoms with Crippen LogP contribution < -0.4 is 10.6 Å². The molecule has 3 heterocycles. The van der Waals surface area contributed by atoms with Gasteiger partial charge in [0.25, 0.3) is 0 Å². The molecule has 4 aromatic rings. The van der Waals surface area contributed by atoms with E-state index in [4.69, 9.17) is 0 Å². The third kappa shape index (κ3) is 4.57. The zero-order chi connectivity index (χ0) is 22.0. The van der Waals surface area contributed by atoms with Gasteiger partial charge < -0.3 is 15.0 Å². The number of urea groups is 1. The van der Waals surface area contributed by atoms with Crippen molar-refractivity contribution < 1.29 is 13.2 Å². The summed E-state index contributed by atoms with van der Waals surface area (Å²) < 4.78 is 28.9. The molecule has 160 valence electrons. The largest absolute Gasteiger partial charge is 0.323 e. The van der Waals surface area contributed by atoms with E-state index in [0.29, 0.717) is 17.9 Å². The van der Waals surface area contributed by atoms with Gasteiger partial charge in [-0.05, 0) is 36.4 Å². The van der Waals surface area contributed by atoms with Gasteiger partial charge in [-0.2, -0.15) is 5.10 Å². The third-order valence-electron chi connectivity index (χ3n) is 4.52. The number of sulfonamides is 1. The SMILES string of the molecule is CN(C)S(=O)(=O)c1ccc(NC(=O)Nc2cnn(Cc3cn4ccccc4n3)c2)cc1. The van der Waals surface area contributed by atoms with Crippen LogP contribution in [0.4, 0.5) is 16.2 Å². The Bertz CT molecular complexity index is 1290. The number of carbonyl (C=O) groups is 1. The van der Waals surface area contributed by atoms with E-state index in [9.17, 15) is 13.2 Å². The van der Waals surface area contributed by atoms with E-state index in [1.165, 1.54) is 38.4 Å². The molecule has 0 unspecified atom stereocenters. The second kappa shape index (κ2) is 8.20.